The first-order valence-corrected chi connectivity index (χ1v) is 10.7. The summed E-state index contributed by atoms with van der Waals surface area (Å²) in [6, 6.07) is 9.83. The minimum Gasteiger partial charge on any atom is -0.339 e. The molecule has 9 nitrogen and oxygen atoms in total. The van der Waals surface area contributed by atoms with Crippen LogP contribution in [0.25, 0.3) is 17.2 Å². The van der Waals surface area contributed by atoms with Crippen molar-refractivity contribution in [1.82, 2.24) is 34.8 Å². The number of hydrogen-bond donors (Lipinski definition) is 0. The van der Waals surface area contributed by atoms with Gasteiger partial charge < -0.3 is 9.42 Å². The van der Waals surface area contributed by atoms with Gasteiger partial charge in [0, 0.05) is 31.9 Å². The zero-order valence-electron chi connectivity index (χ0n) is 17.8. The number of carbonyl (C=O) groups is 1. The molecule has 1 saturated heterocycles. The van der Waals surface area contributed by atoms with Gasteiger partial charge >= 0.3 is 0 Å². The van der Waals surface area contributed by atoms with Crippen LogP contribution < -0.4 is 0 Å². The fraction of sp³-hybridized carbons (Fsp3) is 0.304. The van der Waals surface area contributed by atoms with Crippen molar-refractivity contribution in [1.29, 1.82) is 0 Å². The number of para-hydroxylation sites is 1. The average Bonchev–Trinajstić information content (AvgIpc) is 3.46. The number of likely N-dealkylation sites (tertiary alicyclic amines) is 1. The lowest BCUT2D eigenvalue weighted by molar-refractivity contribution is 0.0667. The van der Waals surface area contributed by atoms with E-state index in [1.165, 1.54) is 0 Å². The number of nitrogens with zero attached hydrogens (tertiary/aromatic N) is 7. The molecule has 1 atom stereocenters. The largest absolute Gasteiger partial charge is 0.339 e. The summed E-state index contributed by atoms with van der Waals surface area (Å²) < 4.78 is 7.23. The molecule has 4 heterocycles. The highest BCUT2D eigenvalue weighted by Crippen LogP contribution is 2.24. The average molecular weight is 429 g/mol. The molecule has 0 radical (unpaired) electrons. The maximum atomic E-state index is 13.3. The van der Waals surface area contributed by atoms with Crippen LogP contribution in [0.1, 0.15) is 34.8 Å². The van der Waals surface area contributed by atoms with Crippen LogP contribution in [0.3, 0.4) is 0 Å². The highest BCUT2D eigenvalue weighted by molar-refractivity contribution is 5.95. The molecule has 9 heteroatoms. The van der Waals surface area contributed by atoms with Crippen molar-refractivity contribution in [2.24, 2.45) is 5.92 Å². The molecule has 0 spiro atoms. The fourth-order valence-corrected chi connectivity index (χ4v) is 4.14. The number of carbonyl (C=O) groups excluding carboxylic acids is 1. The van der Waals surface area contributed by atoms with Gasteiger partial charge in [-0.3, -0.25) is 9.78 Å². The summed E-state index contributed by atoms with van der Waals surface area (Å²) in [4.78, 5) is 27.9. The normalized spacial score (nSPS) is 16.3. The van der Waals surface area contributed by atoms with Gasteiger partial charge in [-0.1, -0.05) is 23.4 Å². The molecule has 32 heavy (non-hydrogen) atoms. The molecule has 5 rings (SSSR count). The molecule has 1 aliphatic heterocycles. The number of rotatable bonds is 5. The van der Waals surface area contributed by atoms with Gasteiger partial charge in [-0.05, 0) is 37.8 Å². The predicted octanol–water partition coefficient (Wildman–Crippen LogP) is 3.12. The summed E-state index contributed by atoms with van der Waals surface area (Å²) in [5.74, 6) is 1.26. The zero-order valence-corrected chi connectivity index (χ0v) is 17.8. The van der Waals surface area contributed by atoms with E-state index in [1.54, 1.807) is 29.5 Å². The summed E-state index contributed by atoms with van der Waals surface area (Å²) in [5, 5.41) is 8.46. The molecule has 0 N–H and O–H groups in total. The van der Waals surface area contributed by atoms with Gasteiger partial charge in [0.1, 0.15) is 5.69 Å². The van der Waals surface area contributed by atoms with Crippen LogP contribution in [0.4, 0.5) is 0 Å². The first-order chi connectivity index (χ1) is 15.7. The van der Waals surface area contributed by atoms with Crippen LogP contribution >= 0.6 is 0 Å². The van der Waals surface area contributed by atoms with E-state index in [0.29, 0.717) is 35.9 Å². The van der Waals surface area contributed by atoms with Gasteiger partial charge in [-0.2, -0.15) is 10.1 Å². The molecule has 0 unspecified atom stereocenters. The van der Waals surface area contributed by atoms with Crippen molar-refractivity contribution >= 4 is 5.91 Å². The molecule has 0 aliphatic carbocycles. The Morgan fingerprint density at radius 3 is 2.88 bits per heavy atom. The first-order valence-electron chi connectivity index (χ1n) is 10.7. The Morgan fingerprint density at radius 1 is 1.19 bits per heavy atom. The van der Waals surface area contributed by atoms with Gasteiger partial charge in [0.15, 0.2) is 0 Å². The Bertz CT molecular complexity index is 1200. The molecule has 162 valence electrons. The number of piperidine rings is 1. The molecule has 4 aromatic rings. The third-order valence-electron chi connectivity index (χ3n) is 5.77. The summed E-state index contributed by atoms with van der Waals surface area (Å²) >= 11 is 0. The van der Waals surface area contributed by atoms with Crippen LogP contribution in [0.5, 0.6) is 0 Å². The molecule has 0 bridgehead atoms. The van der Waals surface area contributed by atoms with Crippen molar-refractivity contribution in [3.8, 4) is 17.2 Å². The van der Waals surface area contributed by atoms with Crippen molar-refractivity contribution in [3.63, 3.8) is 0 Å². The second-order valence-electron chi connectivity index (χ2n) is 7.96. The number of hydrogen-bond acceptors (Lipinski definition) is 7. The van der Waals surface area contributed by atoms with Crippen LogP contribution in [-0.2, 0) is 6.42 Å². The topological polar surface area (TPSA) is 103 Å². The standard InChI is InChI=1S/C23H23N7O2/c1-16-19(13-26-30(16)18-7-3-2-4-8-18)23(31)29-11-5-6-17(15-29)12-21-27-22(28-32-21)20-14-24-9-10-25-20/h2-4,7-10,13-14,17H,5-6,11-12,15H2,1H3/t17-/m0/s1. The van der Waals surface area contributed by atoms with Crippen molar-refractivity contribution in [2.75, 3.05) is 13.1 Å². The minimum atomic E-state index is 0.0140. The predicted molar refractivity (Wildman–Crippen MR) is 116 cm³/mol. The summed E-state index contributed by atoms with van der Waals surface area (Å²) in [6.07, 6.45) is 9.04. The minimum absolute atomic E-state index is 0.0140. The van der Waals surface area contributed by atoms with E-state index >= 15 is 0 Å². The molecular formula is C23H23N7O2. The van der Waals surface area contributed by atoms with E-state index in [0.717, 1.165) is 30.8 Å². The highest BCUT2D eigenvalue weighted by Gasteiger charge is 2.28. The van der Waals surface area contributed by atoms with Crippen LogP contribution in [-0.4, -0.2) is 53.8 Å². The molecule has 1 aromatic carbocycles. The van der Waals surface area contributed by atoms with Crippen LogP contribution in [0.15, 0.2) is 59.6 Å². The lowest BCUT2D eigenvalue weighted by atomic mass is 9.94. The van der Waals surface area contributed by atoms with Gasteiger partial charge in [0.25, 0.3) is 5.91 Å². The third-order valence-corrected chi connectivity index (χ3v) is 5.77. The highest BCUT2D eigenvalue weighted by atomic mass is 16.5. The molecule has 1 fully saturated rings. The third kappa shape index (κ3) is 4.01. The summed E-state index contributed by atoms with van der Waals surface area (Å²) in [7, 11) is 0. The Morgan fingerprint density at radius 2 is 2.06 bits per heavy atom. The quantitative estimate of drug-likeness (QED) is 0.480. The Labute approximate surface area is 185 Å². The second-order valence-corrected chi connectivity index (χ2v) is 7.96. The van der Waals surface area contributed by atoms with Crippen LogP contribution in [0, 0.1) is 12.8 Å². The Kier molecular flexibility index (Phi) is 5.45. The lowest BCUT2D eigenvalue weighted by Gasteiger charge is -2.32. The number of aromatic nitrogens is 6. The van der Waals surface area contributed by atoms with Crippen molar-refractivity contribution in [3.05, 3.63) is 72.3 Å². The van der Waals surface area contributed by atoms with Crippen molar-refractivity contribution < 1.29 is 9.32 Å². The van der Waals surface area contributed by atoms with Crippen molar-refractivity contribution in [2.45, 2.75) is 26.2 Å². The van der Waals surface area contributed by atoms with E-state index in [1.807, 2.05) is 42.2 Å². The van der Waals surface area contributed by atoms with Crippen LogP contribution in [0.2, 0.25) is 0 Å². The van der Waals surface area contributed by atoms with E-state index < -0.39 is 0 Å². The SMILES string of the molecule is Cc1c(C(=O)N2CCC[C@@H](Cc3nc(-c4cnccn4)no3)C2)cnn1-c1ccccc1. The maximum Gasteiger partial charge on any atom is 0.257 e. The van der Waals surface area contributed by atoms with Gasteiger partial charge in [0.2, 0.25) is 11.7 Å². The zero-order chi connectivity index (χ0) is 21.9. The second kappa shape index (κ2) is 8.70. The molecule has 1 aliphatic rings. The smallest absolute Gasteiger partial charge is 0.257 e. The maximum absolute atomic E-state index is 13.3. The summed E-state index contributed by atoms with van der Waals surface area (Å²) in [6.45, 7) is 3.32. The molecule has 3 aromatic heterocycles. The number of benzene rings is 1. The molecule has 1 amide bonds. The van der Waals surface area contributed by atoms with E-state index in [2.05, 4.69) is 25.2 Å². The Hall–Kier alpha value is -3.88. The summed E-state index contributed by atoms with van der Waals surface area (Å²) in [5.41, 5.74) is 3.00. The van der Waals surface area contributed by atoms with E-state index in [4.69, 9.17) is 4.52 Å². The number of amides is 1. The fourth-order valence-electron chi connectivity index (χ4n) is 4.14. The molecule has 0 saturated carbocycles. The van der Waals surface area contributed by atoms with Gasteiger partial charge in [-0.25, -0.2) is 9.67 Å². The Balaban J connectivity index is 1.27. The monoisotopic (exact) mass is 429 g/mol. The molecular weight excluding hydrogens is 406 g/mol. The van der Waals surface area contributed by atoms with Gasteiger partial charge in [-0.15, -0.1) is 0 Å². The lowest BCUT2D eigenvalue weighted by Crippen LogP contribution is -2.40. The van der Waals surface area contributed by atoms with E-state index in [9.17, 15) is 4.79 Å². The van der Waals surface area contributed by atoms with E-state index in [-0.39, 0.29) is 11.8 Å². The first kappa shape index (κ1) is 20.0. The van der Waals surface area contributed by atoms with Gasteiger partial charge in [0.05, 0.1) is 29.3 Å².